The lowest BCUT2D eigenvalue weighted by Crippen LogP contribution is -2.31. The second-order valence-electron chi connectivity index (χ2n) is 5.91. The van der Waals surface area contributed by atoms with Crippen LogP contribution in [0.1, 0.15) is 15.9 Å². The molecule has 5 N–H and O–H groups in total. The number of H-pyrrole nitrogens is 1. The molecule has 0 bridgehead atoms. The number of rotatable bonds is 2. The molecule has 0 fully saturated rings. The molecule has 1 heterocycles. The lowest BCUT2D eigenvalue weighted by molar-refractivity contribution is 0.0992. The molecule has 134 valence electrons. The summed E-state index contributed by atoms with van der Waals surface area (Å²) in [5.74, 6) is -2.03. The summed E-state index contributed by atoms with van der Waals surface area (Å²) in [6.45, 7) is 1.56. The van der Waals surface area contributed by atoms with Gasteiger partial charge in [0.2, 0.25) is 5.43 Å². The van der Waals surface area contributed by atoms with Gasteiger partial charge in [0.25, 0.3) is 5.91 Å². The van der Waals surface area contributed by atoms with Crippen LogP contribution in [-0.2, 0) is 0 Å². The van der Waals surface area contributed by atoms with Gasteiger partial charge in [0.05, 0.1) is 10.9 Å². The number of carbonyl (C=O) groups is 1. The lowest BCUT2D eigenvalue weighted by atomic mass is 10.1. The van der Waals surface area contributed by atoms with E-state index in [1.54, 1.807) is 6.92 Å². The molecule has 0 atom stereocenters. The standard InChI is InChI=1S/C18H16N2O6/c1-8-3-9(4-14(23)16(8)24)20(2)18(26)11-7-19-12-5-10(21)6-13(22)15(12)17(11)25/h3-7,21-24H,1-2H3,(H,19,25). The quantitative estimate of drug-likeness (QED) is 0.446. The highest BCUT2D eigenvalue weighted by Gasteiger charge is 2.21. The van der Waals surface area contributed by atoms with E-state index >= 15 is 0 Å². The molecule has 8 heteroatoms. The Labute approximate surface area is 147 Å². The number of pyridine rings is 1. The second-order valence-corrected chi connectivity index (χ2v) is 5.91. The van der Waals surface area contributed by atoms with E-state index in [-0.39, 0.29) is 39.4 Å². The third-order valence-corrected chi connectivity index (χ3v) is 4.13. The summed E-state index contributed by atoms with van der Waals surface area (Å²) in [6, 6.07) is 4.95. The lowest BCUT2D eigenvalue weighted by Gasteiger charge is -2.19. The number of amides is 1. The number of carbonyl (C=O) groups excluding carboxylic acids is 1. The van der Waals surface area contributed by atoms with Crippen LogP contribution >= 0.6 is 0 Å². The Morgan fingerprint density at radius 2 is 1.73 bits per heavy atom. The number of nitrogens with one attached hydrogen (secondary N) is 1. The molecule has 0 radical (unpaired) electrons. The van der Waals surface area contributed by atoms with Gasteiger partial charge >= 0.3 is 0 Å². The topological polar surface area (TPSA) is 134 Å². The fourth-order valence-electron chi connectivity index (χ4n) is 2.71. The van der Waals surface area contributed by atoms with Crippen molar-refractivity contribution in [2.24, 2.45) is 0 Å². The summed E-state index contributed by atoms with van der Waals surface area (Å²) >= 11 is 0. The van der Waals surface area contributed by atoms with Crippen LogP contribution in [0.3, 0.4) is 0 Å². The van der Waals surface area contributed by atoms with E-state index < -0.39 is 17.1 Å². The number of nitrogens with zero attached hydrogens (tertiary/aromatic N) is 1. The number of fused-ring (bicyclic) bond motifs is 1. The van der Waals surface area contributed by atoms with Gasteiger partial charge in [-0.2, -0.15) is 0 Å². The third-order valence-electron chi connectivity index (χ3n) is 4.13. The van der Waals surface area contributed by atoms with Crippen LogP contribution in [0.15, 0.2) is 35.3 Å². The van der Waals surface area contributed by atoms with Gasteiger partial charge in [-0.05, 0) is 18.6 Å². The van der Waals surface area contributed by atoms with Crippen molar-refractivity contribution in [3.8, 4) is 23.0 Å². The number of hydrogen-bond acceptors (Lipinski definition) is 6. The highest BCUT2D eigenvalue weighted by Crippen LogP contribution is 2.33. The average molecular weight is 356 g/mol. The van der Waals surface area contributed by atoms with E-state index in [0.29, 0.717) is 5.56 Å². The zero-order chi connectivity index (χ0) is 19.2. The zero-order valence-electron chi connectivity index (χ0n) is 13.9. The first-order valence-corrected chi connectivity index (χ1v) is 7.58. The SMILES string of the molecule is Cc1cc(N(C)C(=O)c2c[nH]c3cc(O)cc(O)c3c2=O)cc(O)c1O. The molecular formula is C18H16N2O6. The number of phenolic OH excluding ortho intramolecular Hbond substituents is 4. The Hall–Kier alpha value is -3.68. The highest BCUT2D eigenvalue weighted by molar-refractivity contribution is 6.07. The summed E-state index contributed by atoms with van der Waals surface area (Å²) < 4.78 is 0. The number of phenols is 4. The van der Waals surface area contributed by atoms with Crippen molar-refractivity contribution >= 4 is 22.5 Å². The molecule has 0 saturated heterocycles. The molecule has 0 saturated carbocycles. The maximum absolute atomic E-state index is 12.7. The van der Waals surface area contributed by atoms with Gasteiger partial charge in [-0.15, -0.1) is 0 Å². The molecule has 3 aromatic rings. The smallest absolute Gasteiger partial charge is 0.263 e. The van der Waals surface area contributed by atoms with Crippen LogP contribution in [0.4, 0.5) is 5.69 Å². The Balaban J connectivity index is 2.10. The molecule has 1 amide bonds. The monoisotopic (exact) mass is 356 g/mol. The second kappa shape index (κ2) is 5.99. The van der Waals surface area contributed by atoms with Gasteiger partial charge in [0.1, 0.15) is 17.1 Å². The molecule has 8 nitrogen and oxygen atoms in total. The minimum Gasteiger partial charge on any atom is -0.508 e. The summed E-state index contributed by atoms with van der Waals surface area (Å²) in [5.41, 5.74) is -0.110. The number of aryl methyl sites for hydroxylation is 1. The van der Waals surface area contributed by atoms with Crippen LogP contribution in [0.2, 0.25) is 0 Å². The van der Waals surface area contributed by atoms with Crippen molar-refractivity contribution in [3.05, 3.63) is 51.8 Å². The first kappa shape index (κ1) is 17.2. The largest absolute Gasteiger partial charge is 0.508 e. The average Bonchev–Trinajstić information content (AvgIpc) is 2.57. The van der Waals surface area contributed by atoms with E-state index in [1.165, 1.54) is 31.4 Å². The Morgan fingerprint density at radius 3 is 2.38 bits per heavy atom. The van der Waals surface area contributed by atoms with Crippen molar-refractivity contribution in [1.29, 1.82) is 0 Å². The summed E-state index contributed by atoms with van der Waals surface area (Å²) in [4.78, 5) is 29.2. The summed E-state index contributed by atoms with van der Waals surface area (Å²) in [7, 11) is 1.41. The Morgan fingerprint density at radius 1 is 1.04 bits per heavy atom. The van der Waals surface area contributed by atoms with Gasteiger partial charge < -0.3 is 30.3 Å². The van der Waals surface area contributed by atoms with Crippen molar-refractivity contribution in [2.75, 3.05) is 11.9 Å². The van der Waals surface area contributed by atoms with E-state index in [1.807, 2.05) is 0 Å². The highest BCUT2D eigenvalue weighted by atomic mass is 16.3. The van der Waals surface area contributed by atoms with E-state index in [2.05, 4.69) is 4.98 Å². The van der Waals surface area contributed by atoms with Gasteiger partial charge in [0, 0.05) is 37.1 Å². The number of aromatic nitrogens is 1. The number of anilines is 1. The Bertz CT molecular complexity index is 1080. The molecule has 0 aliphatic carbocycles. The first-order chi connectivity index (χ1) is 12.2. The number of hydrogen-bond donors (Lipinski definition) is 5. The maximum Gasteiger partial charge on any atom is 0.263 e. The van der Waals surface area contributed by atoms with E-state index in [4.69, 9.17) is 0 Å². The molecule has 0 aliphatic rings. The van der Waals surface area contributed by atoms with Crippen LogP contribution in [0.25, 0.3) is 10.9 Å². The number of aromatic hydroxyl groups is 4. The number of benzene rings is 2. The molecule has 3 rings (SSSR count). The van der Waals surface area contributed by atoms with Crippen molar-refractivity contribution in [1.82, 2.24) is 4.98 Å². The van der Waals surface area contributed by atoms with Crippen molar-refractivity contribution in [3.63, 3.8) is 0 Å². The molecular weight excluding hydrogens is 340 g/mol. The van der Waals surface area contributed by atoms with Crippen LogP contribution in [0, 0.1) is 6.92 Å². The minimum atomic E-state index is -0.701. The summed E-state index contributed by atoms with van der Waals surface area (Å²) in [6.07, 6.45) is 1.19. The fraction of sp³-hybridized carbons (Fsp3) is 0.111. The van der Waals surface area contributed by atoms with E-state index in [9.17, 15) is 30.0 Å². The minimum absolute atomic E-state index is 0.119. The predicted octanol–water partition coefficient (Wildman–Crippen LogP) is 1.94. The molecule has 26 heavy (non-hydrogen) atoms. The van der Waals surface area contributed by atoms with Crippen LogP contribution in [0.5, 0.6) is 23.0 Å². The predicted molar refractivity (Wildman–Crippen MR) is 95.1 cm³/mol. The molecule has 2 aromatic carbocycles. The van der Waals surface area contributed by atoms with E-state index in [0.717, 1.165) is 11.0 Å². The maximum atomic E-state index is 12.7. The molecule has 1 aromatic heterocycles. The van der Waals surface area contributed by atoms with Gasteiger partial charge in [-0.3, -0.25) is 9.59 Å². The normalized spacial score (nSPS) is 10.8. The van der Waals surface area contributed by atoms with Gasteiger partial charge in [-0.1, -0.05) is 0 Å². The van der Waals surface area contributed by atoms with Crippen molar-refractivity contribution in [2.45, 2.75) is 6.92 Å². The number of aromatic amines is 1. The Kier molecular flexibility index (Phi) is 3.96. The zero-order valence-corrected chi connectivity index (χ0v) is 13.9. The van der Waals surface area contributed by atoms with Crippen LogP contribution < -0.4 is 10.3 Å². The fourth-order valence-corrected chi connectivity index (χ4v) is 2.71. The molecule has 0 spiro atoms. The van der Waals surface area contributed by atoms with Gasteiger partial charge in [0.15, 0.2) is 11.5 Å². The van der Waals surface area contributed by atoms with Crippen molar-refractivity contribution < 1.29 is 25.2 Å². The van der Waals surface area contributed by atoms with Gasteiger partial charge in [-0.25, -0.2) is 0 Å². The summed E-state index contributed by atoms with van der Waals surface area (Å²) in [5, 5.41) is 38.7. The first-order valence-electron chi connectivity index (χ1n) is 7.58. The molecule has 0 aliphatic heterocycles. The molecule has 0 unspecified atom stereocenters. The third kappa shape index (κ3) is 2.67. The van der Waals surface area contributed by atoms with Crippen LogP contribution in [-0.4, -0.2) is 38.4 Å².